The number of hydrogen-bond acceptors (Lipinski definition) is 4. The largest absolute Gasteiger partial charge is 0.366 e. The molecule has 1 aliphatic rings. The zero-order valence-electron chi connectivity index (χ0n) is 10.5. The average Bonchev–Trinajstić information content (AvgIpc) is 2.78. The van der Waals surface area contributed by atoms with E-state index in [9.17, 15) is 0 Å². The minimum atomic E-state index is 0.467. The smallest absolute Gasteiger partial charge is 0.171 e. The highest BCUT2D eigenvalue weighted by atomic mass is 35.5. The number of aromatic nitrogens is 2. The van der Waals surface area contributed by atoms with Gasteiger partial charge in [0.05, 0.1) is 11.4 Å². The van der Waals surface area contributed by atoms with Gasteiger partial charge in [0.25, 0.3) is 0 Å². The van der Waals surface area contributed by atoms with E-state index in [1.807, 2.05) is 13.8 Å². The van der Waals surface area contributed by atoms with Crippen LogP contribution in [0.5, 0.6) is 0 Å². The summed E-state index contributed by atoms with van der Waals surface area (Å²) in [7, 11) is 0. The maximum absolute atomic E-state index is 6.05. The number of anilines is 1. The average molecular weight is 255 g/mol. The van der Waals surface area contributed by atoms with Gasteiger partial charge in [-0.15, -0.1) is 0 Å². The highest BCUT2D eigenvalue weighted by Gasteiger charge is 2.11. The lowest BCUT2D eigenvalue weighted by molar-refractivity contribution is 0.352. The predicted octanol–water partition coefficient (Wildman–Crippen LogP) is 2.25. The van der Waals surface area contributed by atoms with E-state index in [-0.39, 0.29) is 0 Å². The molecule has 0 amide bonds. The van der Waals surface area contributed by atoms with Gasteiger partial charge >= 0.3 is 0 Å². The number of nitrogens with one attached hydrogen (secondary N) is 1. The van der Waals surface area contributed by atoms with Crippen LogP contribution >= 0.6 is 11.6 Å². The molecule has 1 fully saturated rings. The topological polar surface area (TPSA) is 41.1 Å². The van der Waals surface area contributed by atoms with E-state index in [0.29, 0.717) is 11.0 Å². The molecule has 4 nitrogen and oxygen atoms in total. The first kappa shape index (κ1) is 12.6. The summed E-state index contributed by atoms with van der Waals surface area (Å²) in [5.41, 5.74) is 1.82. The van der Waals surface area contributed by atoms with Gasteiger partial charge in [-0.1, -0.05) is 11.6 Å². The van der Waals surface area contributed by atoms with Crippen LogP contribution in [0.4, 0.5) is 5.82 Å². The van der Waals surface area contributed by atoms with Crippen LogP contribution < -0.4 is 5.32 Å². The van der Waals surface area contributed by atoms with E-state index >= 15 is 0 Å². The predicted molar refractivity (Wildman–Crippen MR) is 70.7 cm³/mol. The van der Waals surface area contributed by atoms with Crippen LogP contribution in [0, 0.1) is 13.8 Å². The van der Waals surface area contributed by atoms with E-state index in [2.05, 4.69) is 20.2 Å². The highest BCUT2D eigenvalue weighted by Crippen LogP contribution is 2.18. The standard InChI is InChI=1S/C12H19ClN4/c1-9-10(2)16-12(11(13)15-9)14-5-8-17-6-3-4-7-17/h3-8H2,1-2H3,(H,14,16). The Balaban J connectivity index is 1.87. The van der Waals surface area contributed by atoms with Crippen LogP contribution in [0.1, 0.15) is 24.2 Å². The molecule has 1 aromatic heterocycles. The summed E-state index contributed by atoms with van der Waals surface area (Å²) in [6, 6.07) is 0. The van der Waals surface area contributed by atoms with Crippen molar-refractivity contribution >= 4 is 17.4 Å². The molecule has 0 radical (unpaired) electrons. The number of aryl methyl sites for hydroxylation is 2. The van der Waals surface area contributed by atoms with Gasteiger partial charge in [0.15, 0.2) is 11.0 Å². The van der Waals surface area contributed by atoms with Crippen molar-refractivity contribution in [2.75, 3.05) is 31.5 Å². The third kappa shape index (κ3) is 3.30. The van der Waals surface area contributed by atoms with Crippen LogP contribution in [0.25, 0.3) is 0 Å². The summed E-state index contributed by atoms with van der Waals surface area (Å²) in [4.78, 5) is 11.1. The van der Waals surface area contributed by atoms with E-state index in [1.165, 1.54) is 25.9 Å². The zero-order valence-corrected chi connectivity index (χ0v) is 11.2. The van der Waals surface area contributed by atoms with Crippen LogP contribution in [-0.4, -0.2) is 41.0 Å². The monoisotopic (exact) mass is 254 g/mol. The molecule has 1 aromatic rings. The molecule has 1 N–H and O–H groups in total. The van der Waals surface area contributed by atoms with Gasteiger partial charge in [0.2, 0.25) is 0 Å². The fourth-order valence-electron chi connectivity index (χ4n) is 2.03. The van der Waals surface area contributed by atoms with Crippen LogP contribution in [0.15, 0.2) is 0 Å². The minimum Gasteiger partial charge on any atom is -0.366 e. The molecule has 1 saturated heterocycles. The van der Waals surface area contributed by atoms with E-state index in [1.54, 1.807) is 0 Å². The first-order valence-corrected chi connectivity index (χ1v) is 6.51. The number of rotatable bonds is 4. The second-order valence-electron chi connectivity index (χ2n) is 4.51. The van der Waals surface area contributed by atoms with Gasteiger partial charge in [-0.05, 0) is 39.8 Å². The van der Waals surface area contributed by atoms with Gasteiger partial charge < -0.3 is 10.2 Å². The molecule has 1 aliphatic heterocycles. The third-order valence-electron chi connectivity index (χ3n) is 3.18. The second kappa shape index (κ2) is 5.65. The lowest BCUT2D eigenvalue weighted by Crippen LogP contribution is -2.26. The first-order valence-electron chi connectivity index (χ1n) is 6.14. The Bertz CT molecular complexity index is 388. The molecule has 0 aromatic carbocycles. The van der Waals surface area contributed by atoms with Gasteiger partial charge in [-0.25, -0.2) is 9.97 Å². The Morgan fingerprint density at radius 3 is 2.53 bits per heavy atom. The zero-order chi connectivity index (χ0) is 12.3. The van der Waals surface area contributed by atoms with Crippen molar-refractivity contribution in [1.29, 1.82) is 0 Å². The van der Waals surface area contributed by atoms with Crippen molar-refractivity contribution < 1.29 is 0 Å². The van der Waals surface area contributed by atoms with Gasteiger partial charge in [-0.3, -0.25) is 0 Å². The van der Waals surface area contributed by atoms with E-state index < -0.39 is 0 Å². The number of likely N-dealkylation sites (tertiary alicyclic amines) is 1. The molecule has 0 bridgehead atoms. The molecule has 0 aliphatic carbocycles. The molecule has 2 rings (SSSR count). The van der Waals surface area contributed by atoms with Crippen molar-refractivity contribution in [2.45, 2.75) is 26.7 Å². The molecule has 0 saturated carbocycles. The minimum absolute atomic E-state index is 0.467. The van der Waals surface area contributed by atoms with Crippen molar-refractivity contribution in [3.8, 4) is 0 Å². The Morgan fingerprint density at radius 2 is 1.82 bits per heavy atom. The SMILES string of the molecule is Cc1nc(Cl)c(NCCN2CCCC2)nc1C. The lowest BCUT2D eigenvalue weighted by atomic mass is 10.3. The van der Waals surface area contributed by atoms with E-state index in [0.717, 1.165) is 24.5 Å². The molecule has 5 heteroatoms. The third-order valence-corrected chi connectivity index (χ3v) is 3.45. The van der Waals surface area contributed by atoms with Gasteiger partial charge in [0.1, 0.15) is 0 Å². The summed E-state index contributed by atoms with van der Waals surface area (Å²) < 4.78 is 0. The summed E-state index contributed by atoms with van der Waals surface area (Å²) in [6.07, 6.45) is 2.65. The maximum atomic E-state index is 6.05. The molecule has 2 heterocycles. The Kier molecular flexibility index (Phi) is 4.18. The van der Waals surface area contributed by atoms with Gasteiger partial charge in [-0.2, -0.15) is 0 Å². The second-order valence-corrected chi connectivity index (χ2v) is 4.87. The Hall–Kier alpha value is -0.870. The summed E-state index contributed by atoms with van der Waals surface area (Å²) in [5, 5.41) is 3.73. The first-order chi connectivity index (χ1) is 8.16. The summed E-state index contributed by atoms with van der Waals surface area (Å²) in [6.45, 7) is 8.22. The lowest BCUT2D eigenvalue weighted by Gasteiger charge is -2.15. The fourth-order valence-corrected chi connectivity index (χ4v) is 2.26. The molecule has 94 valence electrons. The van der Waals surface area contributed by atoms with Crippen molar-refractivity contribution in [3.05, 3.63) is 16.5 Å². The van der Waals surface area contributed by atoms with Crippen molar-refractivity contribution in [2.24, 2.45) is 0 Å². The molecule has 0 spiro atoms. The highest BCUT2D eigenvalue weighted by molar-refractivity contribution is 6.31. The number of hydrogen-bond donors (Lipinski definition) is 1. The molecular formula is C12H19ClN4. The summed E-state index contributed by atoms with van der Waals surface area (Å²) >= 11 is 6.05. The Labute approximate surface area is 107 Å². The Morgan fingerprint density at radius 1 is 1.18 bits per heavy atom. The maximum Gasteiger partial charge on any atom is 0.171 e. The van der Waals surface area contributed by atoms with Crippen molar-refractivity contribution in [1.82, 2.24) is 14.9 Å². The van der Waals surface area contributed by atoms with Crippen LogP contribution in [0.3, 0.4) is 0 Å². The van der Waals surface area contributed by atoms with Crippen LogP contribution in [0.2, 0.25) is 5.15 Å². The molecule has 0 unspecified atom stereocenters. The van der Waals surface area contributed by atoms with E-state index in [4.69, 9.17) is 11.6 Å². The fraction of sp³-hybridized carbons (Fsp3) is 0.667. The number of nitrogens with zero attached hydrogens (tertiary/aromatic N) is 3. The quantitative estimate of drug-likeness (QED) is 0.895. The van der Waals surface area contributed by atoms with Gasteiger partial charge in [0, 0.05) is 13.1 Å². The van der Waals surface area contributed by atoms with Crippen molar-refractivity contribution in [3.63, 3.8) is 0 Å². The number of halogens is 1. The molecule has 0 atom stereocenters. The molecule has 17 heavy (non-hydrogen) atoms. The molecular weight excluding hydrogens is 236 g/mol. The van der Waals surface area contributed by atoms with Crippen LogP contribution in [-0.2, 0) is 0 Å². The summed E-state index contributed by atoms with van der Waals surface area (Å²) in [5.74, 6) is 0.703. The normalized spacial score (nSPS) is 16.4.